The molecule has 2 nitrogen and oxygen atoms in total. The van der Waals surface area contributed by atoms with Crippen molar-refractivity contribution in [3.8, 4) is 5.75 Å². The zero-order valence-corrected chi connectivity index (χ0v) is 14.6. The van der Waals surface area contributed by atoms with Gasteiger partial charge in [-0.1, -0.05) is 42.5 Å². The maximum atomic E-state index is 12.9. The van der Waals surface area contributed by atoms with Gasteiger partial charge in [0.25, 0.3) is 0 Å². The largest absolute Gasteiger partial charge is 0.494 e. The Bertz CT molecular complexity index is 645. The molecule has 1 saturated heterocycles. The van der Waals surface area contributed by atoms with E-state index in [0.717, 1.165) is 37.7 Å². The number of halogens is 1. The number of rotatable bonds is 7. The monoisotopic (exact) mass is 339 g/mol. The minimum atomic E-state index is -0.221. The summed E-state index contributed by atoms with van der Waals surface area (Å²) in [5, 5.41) is 0. The normalized spacial score (nSPS) is 16.4. The summed E-state index contributed by atoms with van der Waals surface area (Å²) in [6, 6.07) is 16.7. The van der Waals surface area contributed by atoms with Gasteiger partial charge in [0.1, 0.15) is 11.6 Å². The minimum absolute atomic E-state index is 0.221. The summed E-state index contributed by atoms with van der Waals surface area (Å²) in [5.74, 6) is 1.26. The smallest absolute Gasteiger partial charge is 0.123 e. The van der Waals surface area contributed by atoms with Crippen molar-refractivity contribution < 1.29 is 9.13 Å². The summed E-state index contributed by atoms with van der Waals surface area (Å²) in [4.78, 5) is 2.51. The van der Waals surface area contributed by atoms with Crippen LogP contribution in [0.4, 0.5) is 4.39 Å². The van der Waals surface area contributed by atoms with E-state index in [0.29, 0.717) is 6.61 Å². The average Bonchev–Trinajstić information content (AvgIpc) is 2.66. The van der Waals surface area contributed by atoms with Gasteiger partial charge in [0.2, 0.25) is 0 Å². The van der Waals surface area contributed by atoms with Gasteiger partial charge >= 0.3 is 0 Å². The lowest BCUT2D eigenvalue weighted by Gasteiger charge is -2.31. The molecule has 1 heterocycles. The van der Waals surface area contributed by atoms with Gasteiger partial charge in [-0.3, -0.25) is 4.90 Å². The third kappa shape index (κ3) is 6.02. The summed E-state index contributed by atoms with van der Waals surface area (Å²) < 4.78 is 18.6. The predicted molar refractivity (Wildman–Crippen MR) is 101 cm³/mol. The highest BCUT2D eigenvalue weighted by Crippen LogP contribution is 2.21. The number of hydrogen-bond donors (Lipinski definition) is 0. The highest BCUT2D eigenvalue weighted by atomic mass is 19.1. The number of piperidine rings is 1. The van der Waals surface area contributed by atoms with Gasteiger partial charge in [0, 0.05) is 6.54 Å². The number of benzene rings is 2. The highest BCUT2D eigenvalue weighted by Gasteiger charge is 2.18. The van der Waals surface area contributed by atoms with E-state index in [1.807, 2.05) is 6.07 Å². The molecule has 3 heteroatoms. The Hall–Kier alpha value is -2.13. The fraction of sp³-hybridized carbons (Fsp3) is 0.364. The van der Waals surface area contributed by atoms with Crippen molar-refractivity contribution in [2.24, 2.45) is 5.92 Å². The molecule has 25 heavy (non-hydrogen) atoms. The molecule has 0 spiro atoms. The van der Waals surface area contributed by atoms with E-state index in [1.54, 1.807) is 12.1 Å². The molecule has 0 aromatic heterocycles. The van der Waals surface area contributed by atoms with E-state index in [4.69, 9.17) is 4.74 Å². The summed E-state index contributed by atoms with van der Waals surface area (Å²) >= 11 is 0. The quantitative estimate of drug-likeness (QED) is 0.702. The van der Waals surface area contributed by atoms with Gasteiger partial charge in [0.05, 0.1) is 6.61 Å². The van der Waals surface area contributed by atoms with Crippen molar-refractivity contribution >= 4 is 6.08 Å². The van der Waals surface area contributed by atoms with Crippen LogP contribution in [0.1, 0.15) is 24.8 Å². The molecule has 0 aliphatic carbocycles. The number of hydrogen-bond acceptors (Lipinski definition) is 2. The number of nitrogens with zero attached hydrogens (tertiary/aromatic N) is 1. The van der Waals surface area contributed by atoms with Gasteiger partial charge in [-0.2, -0.15) is 0 Å². The molecule has 0 unspecified atom stereocenters. The Morgan fingerprint density at radius 3 is 2.44 bits per heavy atom. The predicted octanol–water partition coefficient (Wildman–Crippen LogP) is 5.02. The van der Waals surface area contributed by atoms with Crippen molar-refractivity contribution in [2.45, 2.75) is 19.3 Å². The molecule has 0 amide bonds. The lowest BCUT2D eigenvalue weighted by molar-refractivity contribution is 0.175. The molecule has 1 fully saturated rings. The molecule has 1 aliphatic rings. The van der Waals surface area contributed by atoms with Crippen molar-refractivity contribution in [1.82, 2.24) is 4.90 Å². The summed E-state index contributed by atoms with van der Waals surface area (Å²) in [6.07, 6.45) is 7.99. The van der Waals surface area contributed by atoms with Crippen LogP contribution in [-0.2, 0) is 0 Å². The molecule has 0 radical (unpaired) electrons. The highest BCUT2D eigenvalue weighted by molar-refractivity contribution is 5.48. The Balaban J connectivity index is 1.32. The van der Waals surface area contributed by atoms with E-state index in [2.05, 4.69) is 41.3 Å². The van der Waals surface area contributed by atoms with E-state index >= 15 is 0 Å². The molecular formula is C22H26FNO. The molecule has 3 rings (SSSR count). The van der Waals surface area contributed by atoms with Crippen LogP contribution in [0, 0.1) is 11.7 Å². The summed E-state index contributed by atoms with van der Waals surface area (Å²) in [5.41, 5.74) is 1.26. The van der Waals surface area contributed by atoms with E-state index in [9.17, 15) is 4.39 Å². The maximum absolute atomic E-state index is 12.9. The van der Waals surface area contributed by atoms with Crippen molar-refractivity contribution in [2.75, 3.05) is 26.2 Å². The molecule has 0 N–H and O–H groups in total. The third-order valence-corrected chi connectivity index (χ3v) is 4.79. The van der Waals surface area contributed by atoms with Crippen LogP contribution in [0.2, 0.25) is 0 Å². The second kappa shape index (κ2) is 9.38. The van der Waals surface area contributed by atoms with Crippen LogP contribution in [0.3, 0.4) is 0 Å². The maximum Gasteiger partial charge on any atom is 0.123 e. The molecule has 0 saturated carbocycles. The first-order chi connectivity index (χ1) is 12.3. The first kappa shape index (κ1) is 17.7. The van der Waals surface area contributed by atoms with Gasteiger partial charge in [-0.05, 0) is 68.1 Å². The first-order valence-electron chi connectivity index (χ1n) is 9.12. The van der Waals surface area contributed by atoms with Crippen LogP contribution in [0.15, 0.2) is 60.7 Å². The first-order valence-corrected chi connectivity index (χ1v) is 9.12. The zero-order chi connectivity index (χ0) is 17.3. The van der Waals surface area contributed by atoms with Gasteiger partial charge in [-0.25, -0.2) is 4.39 Å². The SMILES string of the molecule is Fc1ccc(OCCC2CCN(CC=Cc3ccccc3)CC2)cc1. The Morgan fingerprint density at radius 1 is 1.00 bits per heavy atom. The third-order valence-electron chi connectivity index (χ3n) is 4.79. The Morgan fingerprint density at radius 2 is 1.72 bits per heavy atom. The van der Waals surface area contributed by atoms with Gasteiger partial charge in [0.15, 0.2) is 0 Å². The van der Waals surface area contributed by atoms with Crippen molar-refractivity contribution in [3.63, 3.8) is 0 Å². The molecule has 132 valence electrons. The van der Waals surface area contributed by atoms with E-state index < -0.39 is 0 Å². The molecular weight excluding hydrogens is 313 g/mol. The van der Waals surface area contributed by atoms with Crippen LogP contribution in [0.5, 0.6) is 5.75 Å². The van der Waals surface area contributed by atoms with Gasteiger partial charge < -0.3 is 4.74 Å². The topological polar surface area (TPSA) is 12.5 Å². The minimum Gasteiger partial charge on any atom is -0.494 e. The zero-order valence-electron chi connectivity index (χ0n) is 14.6. The van der Waals surface area contributed by atoms with Crippen LogP contribution < -0.4 is 4.74 Å². The Labute approximate surface area is 149 Å². The van der Waals surface area contributed by atoms with Crippen LogP contribution in [0.25, 0.3) is 6.08 Å². The second-order valence-electron chi connectivity index (χ2n) is 6.65. The molecule has 2 aromatic rings. The van der Waals surface area contributed by atoms with E-state index in [1.165, 1.54) is 30.5 Å². The van der Waals surface area contributed by atoms with Crippen molar-refractivity contribution in [3.05, 3.63) is 72.1 Å². The lowest BCUT2D eigenvalue weighted by Crippen LogP contribution is -2.34. The molecule has 0 atom stereocenters. The van der Waals surface area contributed by atoms with Gasteiger partial charge in [-0.15, -0.1) is 0 Å². The second-order valence-corrected chi connectivity index (χ2v) is 6.65. The van der Waals surface area contributed by atoms with Crippen LogP contribution in [-0.4, -0.2) is 31.1 Å². The lowest BCUT2D eigenvalue weighted by atomic mass is 9.94. The molecule has 0 bridgehead atoms. The number of likely N-dealkylation sites (tertiary alicyclic amines) is 1. The molecule has 1 aliphatic heterocycles. The fourth-order valence-electron chi connectivity index (χ4n) is 3.23. The van der Waals surface area contributed by atoms with Crippen LogP contribution >= 0.6 is 0 Å². The fourth-order valence-corrected chi connectivity index (χ4v) is 3.23. The molecule has 2 aromatic carbocycles. The standard InChI is InChI=1S/C22H26FNO/c23-21-8-10-22(11-9-21)25-18-14-20-12-16-24(17-13-20)15-4-7-19-5-2-1-3-6-19/h1-11,20H,12-18H2. The van der Waals surface area contributed by atoms with E-state index in [-0.39, 0.29) is 5.82 Å². The average molecular weight is 339 g/mol. The Kier molecular flexibility index (Phi) is 6.63. The van der Waals surface area contributed by atoms with Crippen molar-refractivity contribution in [1.29, 1.82) is 0 Å². The summed E-state index contributed by atoms with van der Waals surface area (Å²) in [6.45, 7) is 4.04. The number of ether oxygens (including phenoxy) is 1. The summed E-state index contributed by atoms with van der Waals surface area (Å²) in [7, 11) is 0.